The van der Waals surface area contributed by atoms with E-state index in [1.807, 2.05) is 25.2 Å². The van der Waals surface area contributed by atoms with Crippen molar-refractivity contribution < 1.29 is 0 Å². The second-order valence-electron chi connectivity index (χ2n) is 2.59. The van der Waals surface area contributed by atoms with Crippen molar-refractivity contribution in [2.45, 2.75) is 0 Å². The van der Waals surface area contributed by atoms with Crippen LogP contribution in [0.3, 0.4) is 0 Å². The van der Waals surface area contributed by atoms with Gasteiger partial charge in [-0.1, -0.05) is 0 Å². The van der Waals surface area contributed by atoms with Crippen molar-refractivity contribution in [3.63, 3.8) is 0 Å². The highest BCUT2D eigenvalue weighted by molar-refractivity contribution is 5.81. The first-order chi connectivity index (χ1) is 5.90. The van der Waals surface area contributed by atoms with Crippen LogP contribution in [0.25, 0.3) is 10.9 Å². The summed E-state index contributed by atoms with van der Waals surface area (Å²) in [5, 5.41) is 4.19. The molecule has 0 unspecified atom stereocenters. The molecule has 2 aromatic rings. The lowest BCUT2D eigenvalue weighted by Crippen LogP contribution is -1.87. The van der Waals surface area contributed by atoms with Crippen LogP contribution in [0.4, 0.5) is 5.69 Å². The monoisotopic (exact) mass is 157 g/mol. The fraction of sp³-hybridized carbons (Fsp3) is 0.100. The lowest BCUT2D eigenvalue weighted by atomic mass is 10.2. The number of fused-ring (bicyclic) bond motifs is 1. The highest BCUT2D eigenvalue weighted by Crippen LogP contribution is 2.15. The lowest BCUT2D eigenvalue weighted by Gasteiger charge is -2.00. The number of hydrogen-bond donors (Lipinski definition) is 1. The SMILES string of the molecule is CNc1ccc2nc[c]cc2c1. The van der Waals surface area contributed by atoms with Gasteiger partial charge in [-0.2, -0.15) is 0 Å². The number of rotatable bonds is 1. The molecule has 0 amide bonds. The summed E-state index contributed by atoms with van der Waals surface area (Å²) in [6.07, 6.45) is 1.68. The molecule has 59 valence electrons. The number of anilines is 1. The number of nitrogens with zero attached hydrogens (tertiary/aromatic N) is 1. The maximum Gasteiger partial charge on any atom is 0.0703 e. The normalized spacial score (nSPS) is 10.1. The fourth-order valence-corrected chi connectivity index (χ4v) is 1.18. The summed E-state index contributed by atoms with van der Waals surface area (Å²) in [4.78, 5) is 4.17. The van der Waals surface area contributed by atoms with Gasteiger partial charge in [0.25, 0.3) is 0 Å². The van der Waals surface area contributed by atoms with Gasteiger partial charge >= 0.3 is 0 Å². The van der Waals surface area contributed by atoms with Crippen molar-refractivity contribution in [3.05, 3.63) is 36.5 Å². The van der Waals surface area contributed by atoms with E-state index >= 15 is 0 Å². The van der Waals surface area contributed by atoms with Crippen molar-refractivity contribution >= 4 is 16.6 Å². The fourth-order valence-electron chi connectivity index (χ4n) is 1.18. The minimum Gasteiger partial charge on any atom is -0.388 e. The first-order valence-electron chi connectivity index (χ1n) is 3.84. The first kappa shape index (κ1) is 7.10. The Morgan fingerprint density at radius 2 is 2.33 bits per heavy atom. The second kappa shape index (κ2) is 2.81. The Balaban J connectivity index is 2.67. The van der Waals surface area contributed by atoms with Crippen molar-refractivity contribution in [2.24, 2.45) is 0 Å². The predicted octanol–water partition coefficient (Wildman–Crippen LogP) is 2.08. The van der Waals surface area contributed by atoms with E-state index in [2.05, 4.69) is 22.4 Å². The predicted molar refractivity (Wildman–Crippen MR) is 50.1 cm³/mol. The molecular formula is C10H9N2. The minimum atomic E-state index is 1.01. The highest BCUT2D eigenvalue weighted by Gasteiger charge is 1.93. The average Bonchev–Trinajstić information content (AvgIpc) is 2.17. The molecule has 0 saturated heterocycles. The van der Waals surface area contributed by atoms with Gasteiger partial charge in [0.05, 0.1) is 5.52 Å². The van der Waals surface area contributed by atoms with Crippen LogP contribution in [-0.2, 0) is 0 Å². The van der Waals surface area contributed by atoms with Crippen molar-refractivity contribution in [2.75, 3.05) is 12.4 Å². The van der Waals surface area contributed by atoms with Crippen molar-refractivity contribution in [3.8, 4) is 0 Å². The van der Waals surface area contributed by atoms with Gasteiger partial charge < -0.3 is 5.32 Å². The Hall–Kier alpha value is -1.57. The number of benzene rings is 1. The molecule has 0 saturated carbocycles. The van der Waals surface area contributed by atoms with Crippen LogP contribution in [0.1, 0.15) is 0 Å². The molecule has 2 nitrogen and oxygen atoms in total. The van der Waals surface area contributed by atoms with Crippen LogP contribution in [0.2, 0.25) is 0 Å². The van der Waals surface area contributed by atoms with Gasteiger partial charge in [-0.25, -0.2) is 0 Å². The molecule has 1 N–H and O–H groups in total. The molecule has 12 heavy (non-hydrogen) atoms. The summed E-state index contributed by atoms with van der Waals surface area (Å²) in [6.45, 7) is 0. The molecule has 0 atom stereocenters. The Kier molecular flexibility index (Phi) is 1.67. The molecule has 0 spiro atoms. The van der Waals surface area contributed by atoms with Gasteiger partial charge in [0, 0.05) is 30.4 Å². The van der Waals surface area contributed by atoms with E-state index in [1.165, 1.54) is 0 Å². The zero-order valence-corrected chi connectivity index (χ0v) is 6.83. The summed E-state index contributed by atoms with van der Waals surface area (Å²) in [5.41, 5.74) is 2.11. The maximum absolute atomic E-state index is 4.17. The molecule has 1 aromatic heterocycles. The van der Waals surface area contributed by atoms with E-state index in [0.29, 0.717) is 0 Å². The van der Waals surface area contributed by atoms with Gasteiger partial charge in [0.1, 0.15) is 0 Å². The number of nitrogens with one attached hydrogen (secondary N) is 1. The minimum absolute atomic E-state index is 1.01. The smallest absolute Gasteiger partial charge is 0.0703 e. The van der Waals surface area contributed by atoms with Crippen LogP contribution in [0, 0.1) is 6.07 Å². The van der Waals surface area contributed by atoms with Gasteiger partial charge in [-0.3, -0.25) is 4.98 Å². The van der Waals surface area contributed by atoms with Gasteiger partial charge in [-0.05, 0) is 24.3 Å². The molecule has 0 aliphatic carbocycles. The van der Waals surface area contributed by atoms with Gasteiger partial charge in [0.15, 0.2) is 0 Å². The van der Waals surface area contributed by atoms with E-state index in [4.69, 9.17) is 0 Å². The van der Waals surface area contributed by atoms with Gasteiger partial charge in [-0.15, -0.1) is 0 Å². The molecule has 1 aromatic carbocycles. The third kappa shape index (κ3) is 1.11. The molecule has 1 heterocycles. The zero-order chi connectivity index (χ0) is 8.39. The van der Waals surface area contributed by atoms with Crippen LogP contribution >= 0.6 is 0 Å². The summed E-state index contributed by atoms with van der Waals surface area (Å²) >= 11 is 0. The largest absolute Gasteiger partial charge is 0.388 e. The van der Waals surface area contributed by atoms with Crippen LogP contribution in [0.15, 0.2) is 30.5 Å². The Morgan fingerprint density at radius 3 is 3.17 bits per heavy atom. The number of hydrogen-bond acceptors (Lipinski definition) is 2. The molecule has 0 aliphatic heterocycles. The Labute approximate surface area is 71.2 Å². The lowest BCUT2D eigenvalue weighted by molar-refractivity contribution is 1.40. The van der Waals surface area contributed by atoms with E-state index in [1.54, 1.807) is 6.20 Å². The molecule has 1 radical (unpaired) electrons. The molecule has 2 rings (SSSR count). The number of pyridine rings is 1. The highest BCUT2D eigenvalue weighted by atomic mass is 14.8. The zero-order valence-electron chi connectivity index (χ0n) is 6.83. The molecular weight excluding hydrogens is 148 g/mol. The second-order valence-corrected chi connectivity index (χ2v) is 2.59. The van der Waals surface area contributed by atoms with Crippen molar-refractivity contribution in [1.29, 1.82) is 0 Å². The Morgan fingerprint density at radius 1 is 1.42 bits per heavy atom. The molecule has 0 fully saturated rings. The van der Waals surface area contributed by atoms with Crippen LogP contribution < -0.4 is 5.32 Å². The van der Waals surface area contributed by atoms with Crippen molar-refractivity contribution in [1.82, 2.24) is 4.98 Å². The maximum atomic E-state index is 4.17. The Bertz CT molecular complexity index is 396. The first-order valence-corrected chi connectivity index (χ1v) is 3.84. The van der Waals surface area contributed by atoms with E-state index < -0.39 is 0 Å². The van der Waals surface area contributed by atoms with Crippen LogP contribution in [0.5, 0.6) is 0 Å². The molecule has 0 bridgehead atoms. The third-order valence-electron chi connectivity index (χ3n) is 1.83. The number of aromatic nitrogens is 1. The summed E-state index contributed by atoms with van der Waals surface area (Å²) in [6, 6.07) is 10.9. The summed E-state index contributed by atoms with van der Waals surface area (Å²) < 4.78 is 0. The summed E-state index contributed by atoms with van der Waals surface area (Å²) in [5.74, 6) is 0. The van der Waals surface area contributed by atoms with E-state index in [0.717, 1.165) is 16.6 Å². The third-order valence-corrected chi connectivity index (χ3v) is 1.83. The molecule has 2 heteroatoms. The van der Waals surface area contributed by atoms with Gasteiger partial charge in [0.2, 0.25) is 0 Å². The van der Waals surface area contributed by atoms with Crippen LogP contribution in [-0.4, -0.2) is 12.0 Å². The van der Waals surface area contributed by atoms with E-state index in [9.17, 15) is 0 Å². The topological polar surface area (TPSA) is 24.9 Å². The summed E-state index contributed by atoms with van der Waals surface area (Å²) in [7, 11) is 1.90. The molecule has 0 aliphatic rings. The standard InChI is InChI=1S/C10H9N2/c1-11-9-4-5-10-8(7-9)3-2-6-12-10/h3-7,11H,1H3. The van der Waals surface area contributed by atoms with E-state index in [-0.39, 0.29) is 0 Å². The average molecular weight is 157 g/mol. The quantitative estimate of drug-likeness (QED) is 0.685.